The summed E-state index contributed by atoms with van der Waals surface area (Å²) in [6.45, 7) is 7.61. The molecule has 0 fully saturated rings. The van der Waals surface area contributed by atoms with Gasteiger partial charge < -0.3 is 11.5 Å². The molecule has 0 spiro atoms. The summed E-state index contributed by atoms with van der Waals surface area (Å²) in [6.07, 6.45) is 7.30. The van der Waals surface area contributed by atoms with Crippen LogP contribution in [0, 0.1) is 11.8 Å². The second-order valence-electron chi connectivity index (χ2n) is 10.3. The smallest absolute Gasteiger partial charge is 0.248 e. The maximum absolute atomic E-state index is 13.5. The molecule has 0 aromatic carbocycles. The van der Waals surface area contributed by atoms with E-state index in [0.717, 1.165) is 0 Å². The zero-order valence-electron chi connectivity index (χ0n) is 22.9. The first-order valence-electron chi connectivity index (χ1n) is 13.2. The normalized spacial score (nSPS) is 14.7. The fraction of sp³-hybridized carbons (Fsp3) is 0.267. The first kappa shape index (κ1) is 24.2. The largest absolute Gasteiger partial charge is 0.320 e. The van der Waals surface area contributed by atoms with Crippen molar-refractivity contribution in [3.8, 4) is 0 Å². The minimum absolute atomic E-state index is 0.0412. The van der Waals surface area contributed by atoms with Crippen molar-refractivity contribution in [2.75, 3.05) is 0 Å². The highest BCUT2D eigenvalue weighted by molar-refractivity contribution is 5.95. The molecule has 2 aliphatic rings. The molecule has 2 aliphatic heterocycles. The fourth-order valence-electron chi connectivity index (χ4n) is 4.40. The van der Waals surface area contributed by atoms with Gasteiger partial charge in [-0.05, 0) is 84.6 Å². The van der Waals surface area contributed by atoms with E-state index in [1.165, 1.54) is 4.57 Å². The highest BCUT2D eigenvalue weighted by Crippen LogP contribution is 2.22. The van der Waals surface area contributed by atoms with Crippen LogP contribution in [0.3, 0.4) is 0 Å². The Balaban J connectivity index is 1.86. The number of hydrogen-bond acceptors (Lipinski definition) is 6. The molecule has 194 valence electrons. The molecule has 8 bridgehead atoms. The van der Waals surface area contributed by atoms with E-state index >= 15 is 0 Å². The van der Waals surface area contributed by atoms with E-state index in [1.54, 1.807) is 22.8 Å². The van der Waals surface area contributed by atoms with E-state index in [2.05, 4.69) is 4.98 Å². The van der Waals surface area contributed by atoms with Crippen LogP contribution in [-0.2, 0) is 0 Å². The molecule has 0 saturated carbocycles. The van der Waals surface area contributed by atoms with Gasteiger partial charge in [0, 0.05) is 0 Å². The van der Waals surface area contributed by atoms with Gasteiger partial charge in [-0.1, -0.05) is 27.7 Å². The first-order chi connectivity index (χ1) is 18.5. The van der Waals surface area contributed by atoms with E-state index < -0.39 is 12.1 Å². The topological polar surface area (TPSA) is 122 Å². The van der Waals surface area contributed by atoms with Gasteiger partial charge in [-0.3, -0.25) is 18.7 Å². The Morgan fingerprint density at radius 1 is 0.658 bits per heavy atom. The highest BCUT2D eigenvalue weighted by atomic mass is 16.2. The molecule has 0 unspecified atom stereocenters. The van der Waals surface area contributed by atoms with Gasteiger partial charge in [0.15, 0.2) is 0 Å². The van der Waals surface area contributed by atoms with Crippen LogP contribution in [0.2, 0.25) is 0 Å². The van der Waals surface area contributed by atoms with Crippen molar-refractivity contribution in [2.45, 2.75) is 39.8 Å². The van der Waals surface area contributed by atoms with Crippen molar-refractivity contribution in [3.63, 3.8) is 0 Å². The number of carbonyl (C=O) groups is 2. The second-order valence-corrected chi connectivity index (χ2v) is 10.3. The summed E-state index contributed by atoms with van der Waals surface area (Å²) in [6, 6.07) is 11.2. The van der Waals surface area contributed by atoms with Gasteiger partial charge in [0.25, 0.3) is 0 Å². The standard InChI is InChI=1S/C30H32N6O2/c1-17(2)27(31)29(37)35-23-9-10-24(35)14-20-6-8-22(34-20)16-26-12-11-25(15-21-7-5-19(13-23)33-21)36(26)30(38)28(32)18(3)4/h5-18,27-28H,31-32H2,1-4H3/t27-,28-/m0/s1/i9D. The number of nitrogens with two attached hydrogens (primary N) is 2. The Morgan fingerprint density at radius 3 is 1.39 bits per heavy atom. The number of carbonyl (C=O) groups excluding carboxylic acids is 2. The summed E-state index contributed by atoms with van der Waals surface area (Å²) in [5, 5.41) is 0. The molecule has 38 heavy (non-hydrogen) atoms. The number of rotatable bonds is 4. The fourth-order valence-corrected chi connectivity index (χ4v) is 4.40. The molecule has 3 aromatic heterocycles. The summed E-state index contributed by atoms with van der Waals surface area (Å²) in [5.74, 6) is -0.646. The lowest BCUT2D eigenvalue weighted by molar-refractivity contribution is 0.0859. The molecule has 4 N–H and O–H groups in total. The average molecular weight is 510 g/mol. The van der Waals surface area contributed by atoms with Crippen molar-refractivity contribution in [1.29, 1.82) is 0 Å². The number of aromatic nitrogens is 4. The van der Waals surface area contributed by atoms with Gasteiger partial charge in [0.1, 0.15) is 0 Å². The molecule has 0 radical (unpaired) electrons. The molecule has 5 heterocycles. The third-order valence-electron chi connectivity index (χ3n) is 6.79. The molecule has 2 atom stereocenters. The zero-order chi connectivity index (χ0) is 28.0. The third kappa shape index (κ3) is 4.76. The van der Waals surface area contributed by atoms with Crippen LogP contribution in [0.5, 0.6) is 0 Å². The van der Waals surface area contributed by atoms with Crippen LogP contribution in [-0.4, -0.2) is 43.0 Å². The van der Waals surface area contributed by atoms with Crippen LogP contribution >= 0.6 is 0 Å². The zero-order valence-corrected chi connectivity index (χ0v) is 21.9. The second kappa shape index (κ2) is 9.96. The molecule has 8 nitrogen and oxygen atoms in total. The Bertz CT molecular complexity index is 1710. The van der Waals surface area contributed by atoms with Crippen molar-refractivity contribution < 1.29 is 11.0 Å². The predicted molar refractivity (Wildman–Crippen MR) is 153 cm³/mol. The monoisotopic (exact) mass is 509 g/mol. The molecule has 3 aromatic rings. The quantitative estimate of drug-likeness (QED) is 0.357. The average Bonchev–Trinajstić information content (AvgIpc) is 3.67. The highest BCUT2D eigenvalue weighted by Gasteiger charge is 2.22. The van der Waals surface area contributed by atoms with Crippen LogP contribution < -0.4 is 11.5 Å². The van der Waals surface area contributed by atoms with E-state index in [1.807, 2.05) is 76.3 Å². The summed E-state index contributed by atoms with van der Waals surface area (Å²) >= 11 is 0. The van der Waals surface area contributed by atoms with Gasteiger partial charge in [0.05, 0.1) is 58.3 Å². The Hall–Kier alpha value is -4.14. The molecule has 0 amide bonds. The number of hydrogen-bond donors (Lipinski definition) is 2. The lowest BCUT2D eigenvalue weighted by Gasteiger charge is -2.16. The third-order valence-corrected chi connectivity index (χ3v) is 6.79. The van der Waals surface area contributed by atoms with E-state index in [0.29, 0.717) is 44.8 Å². The maximum atomic E-state index is 13.5. The summed E-state index contributed by atoms with van der Waals surface area (Å²) in [5.41, 5.74) is 17.2. The van der Waals surface area contributed by atoms with Gasteiger partial charge in [-0.2, -0.15) is 0 Å². The van der Waals surface area contributed by atoms with Crippen molar-refractivity contribution in [3.05, 3.63) is 71.3 Å². The first-order valence-corrected chi connectivity index (χ1v) is 12.7. The maximum Gasteiger partial charge on any atom is 0.248 e. The SMILES string of the molecule is [2H]c1cc2cc3nc(cc4ccc(cc5nc(cc1n2C(=O)[C@@H](N)C(C)C)C=C5)n4C(=O)[C@@H](N)C(C)C)C=C3. The minimum Gasteiger partial charge on any atom is -0.320 e. The molecule has 0 aliphatic carbocycles. The molecular weight excluding hydrogens is 476 g/mol. The van der Waals surface area contributed by atoms with Gasteiger partial charge in [-0.25, -0.2) is 9.97 Å². The summed E-state index contributed by atoms with van der Waals surface area (Å²) in [4.78, 5) is 36.3. The van der Waals surface area contributed by atoms with Crippen LogP contribution in [0.4, 0.5) is 0 Å². The molecule has 8 heteroatoms. The summed E-state index contributed by atoms with van der Waals surface area (Å²) in [7, 11) is 0. The van der Waals surface area contributed by atoms with Gasteiger partial charge in [-0.15, -0.1) is 0 Å². The summed E-state index contributed by atoms with van der Waals surface area (Å²) < 4.78 is 11.7. The van der Waals surface area contributed by atoms with E-state index in [4.69, 9.17) is 17.8 Å². The van der Waals surface area contributed by atoms with E-state index in [-0.39, 0.29) is 29.7 Å². The number of fused-ring (bicyclic) bond motifs is 8. The Labute approximate surface area is 222 Å². The van der Waals surface area contributed by atoms with E-state index in [9.17, 15) is 9.59 Å². The van der Waals surface area contributed by atoms with Crippen molar-refractivity contribution in [2.24, 2.45) is 23.3 Å². The lowest BCUT2D eigenvalue weighted by Crippen LogP contribution is -2.38. The lowest BCUT2D eigenvalue weighted by atomic mass is 10.0. The Morgan fingerprint density at radius 2 is 1.00 bits per heavy atom. The predicted octanol–water partition coefficient (Wildman–Crippen LogP) is 4.85. The molecule has 0 saturated heterocycles. The van der Waals surface area contributed by atoms with Crippen molar-refractivity contribution >= 4 is 58.2 Å². The minimum atomic E-state index is -0.745. The number of nitrogens with zero attached hydrogens (tertiary/aromatic N) is 4. The van der Waals surface area contributed by atoms with Gasteiger partial charge in [0.2, 0.25) is 11.8 Å². The van der Waals surface area contributed by atoms with Gasteiger partial charge >= 0.3 is 0 Å². The van der Waals surface area contributed by atoms with Crippen LogP contribution in [0.1, 0.15) is 61.4 Å². The van der Waals surface area contributed by atoms with Crippen molar-refractivity contribution in [1.82, 2.24) is 19.1 Å². The van der Waals surface area contributed by atoms with Crippen LogP contribution in [0.15, 0.2) is 48.5 Å². The van der Waals surface area contributed by atoms with Crippen LogP contribution in [0.25, 0.3) is 46.4 Å². The Kier molecular flexibility index (Phi) is 6.35. The molecule has 5 rings (SSSR count). The molecular formula is C30H32N6O2.